The lowest BCUT2D eigenvalue weighted by molar-refractivity contribution is -0.120. The van der Waals surface area contributed by atoms with E-state index in [2.05, 4.69) is 10.4 Å². The van der Waals surface area contributed by atoms with Gasteiger partial charge in [0.2, 0.25) is 5.91 Å². The molecule has 2 aromatic carbocycles. The summed E-state index contributed by atoms with van der Waals surface area (Å²) in [4.78, 5) is 11.9. The van der Waals surface area contributed by atoms with Crippen LogP contribution in [0.2, 0.25) is 0 Å². The molecule has 0 saturated heterocycles. The number of amides is 1. The molecule has 0 unspecified atom stereocenters. The van der Waals surface area contributed by atoms with Crippen molar-refractivity contribution in [3.63, 3.8) is 0 Å². The molecule has 0 atom stereocenters. The molecule has 0 radical (unpaired) electrons. The molecule has 3 aromatic rings. The third kappa shape index (κ3) is 4.20. The second-order valence-electron chi connectivity index (χ2n) is 5.51. The lowest BCUT2D eigenvalue weighted by atomic mass is 10.1. The molecule has 0 fully saturated rings. The van der Waals surface area contributed by atoms with Crippen LogP contribution in [0.1, 0.15) is 11.1 Å². The number of aromatic nitrogens is 2. The monoisotopic (exact) mass is 343 g/mol. The number of hydrogen-bond acceptors (Lipinski definition) is 3. The fourth-order valence-corrected chi connectivity index (χ4v) is 2.37. The van der Waals surface area contributed by atoms with Gasteiger partial charge in [0.1, 0.15) is 17.3 Å². The highest BCUT2D eigenvalue weighted by Crippen LogP contribution is 2.15. The first-order valence-electron chi connectivity index (χ1n) is 7.55. The van der Waals surface area contributed by atoms with E-state index in [1.165, 1.54) is 29.1 Å². The van der Waals surface area contributed by atoms with Gasteiger partial charge in [0, 0.05) is 24.4 Å². The van der Waals surface area contributed by atoms with Crippen LogP contribution < -0.4 is 5.32 Å². The SMILES string of the molecule is O=C(Cc1cccc(O)c1)NCc1cnn(-c2ccc(F)cc2F)c1. The topological polar surface area (TPSA) is 67.2 Å². The van der Waals surface area contributed by atoms with Crippen LogP contribution in [0.25, 0.3) is 5.69 Å². The number of aromatic hydroxyl groups is 1. The highest BCUT2D eigenvalue weighted by molar-refractivity contribution is 5.78. The number of phenolic OH excluding ortho intramolecular Hbond substituents is 1. The van der Waals surface area contributed by atoms with E-state index < -0.39 is 11.6 Å². The zero-order valence-corrected chi connectivity index (χ0v) is 13.1. The first kappa shape index (κ1) is 16.6. The van der Waals surface area contributed by atoms with Crippen molar-refractivity contribution < 1.29 is 18.7 Å². The Bertz CT molecular complexity index is 909. The predicted molar refractivity (Wildman–Crippen MR) is 87.1 cm³/mol. The summed E-state index contributed by atoms with van der Waals surface area (Å²) >= 11 is 0. The molecule has 0 spiro atoms. The standard InChI is InChI=1S/C18H15F2N3O2/c19-14-4-5-17(16(20)8-14)23-11-13(10-22-23)9-21-18(25)7-12-2-1-3-15(24)6-12/h1-6,8,10-11,24H,7,9H2,(H,21,25). The average Bonchev–Trinajstić information content (AvgIpc) is 3.01. The summed E-state index contributed by atoms with van der Waals surface area (Å²) in [6.45, 7) is 0.223. The van der Waals surface area contributed by atoms with Crippen molar-refractivity contribution in [3.8, 4) is 11.4 Å². The van der Waals surface area contributed by atoms with Gasteiger partial charge in [0.05, 0.1) is 12.6 Å². The van der Waals surface area contributed by atoms with Gasteiger partial charge in [-0.25, -0.2) is 13.5 Å². The molecule has 25 heavy (non-hydrogen) atoms. The van der Waals surface area contributed by atoms with E-state index in [0.29, 0.717) is 11.1 Å². The summed E-state index contributed by atoms with van der Waals surface area (Å²) in [6, 6.07) is 9.69. The highest BCUT2D eigenvalue weighted by Gasteiger charge is 2.09. The van der Waals surface area contributed by atoms with Crippen LogP contribution in [-0.2, 0) is 17.8 Å². The lowest BCUT2D eigenvalue weighted by Gasteiger charge is -2.05. The van der Waals surface area contributed by atoms with Crippen LogP contribution in [0.4, 0.5) is 8.78 Å². The maximum Gasteiger partial charge on any atom is 0.224 e. The number of phenols is 1. The van der Waals surface area contributed by atoms with E-state index in [4.69, 9.17) is 0 Å². The second-order valence-corrected chi connectivity index (χ2v) is 5.51. The summed E-state index contributed by atoms with van der Waals surface area (Å²) in [6.07, 6.45) is 3.19. The van der Waals surface area contributed by atoms with Gasteiger partial charge < -0.3 is 10.4 Å². The van der Waals surface area contributed by atoms with Crippen molar-refractivity contribution in [1.29, 1.82) is 0 Å². The van der Waals surface area contributed by atoms with Gasteiger partial charge in [0.15, 0.2) is 5.82 Å². The summed E-state index contributed by atoms with van der Waals surface area (Å²) < 4.78 is 28.0. The normalized spacial score (nSPS) is 10.6. The number of rotatable bonds is 5. The molecule has 0 bridgehead atoms. The van der Waals surface area contributed by atoms with Crippen molar-refractivity contribution >= 4 is 5.91 Å². The first-order chi connectivity index (χ1) is 12.0. The van der Waals surface area contributed by atoms with Gasteiger partial charge in [-0.3, -0.25) is 4.79 Å². The molecule has 0 aliphatic heterocycles. The molecule has 2 N–H and O–H groups in total. The van der Waals surface area contributed by atoms with Crippen molar-refractivity contribution in [1.82, 2.24) is 15.1 Å². The molecule has 1 amide bonds. The van der Waals surface area contributed by atoms with Gasteiger partial charge in [-0.1, -0.05) is 12.1 Å². The fraction of sp³-hybridized carbons (Fsp3) is 0.111. The molecule has 1 aromatic heterocycles. The largest absolute Gasteiger partial charge is 0.508 e. The summed E-state index contributed by atoms with van der Waals surface area (Å²) in [5.74, 6) is -1.49. The van der Waals surface area contributed by atoms with Crippen molar-refractivity contribution in [2.45, 2.75) is 13.0 Å². The molecule has 7 heteroatoms. The number of carbonyl (C=O) groups excluding carboxylic acids is 1. The van der Waals surface area contributed by atoms with Crippen molar-refractivity contribution in [3.05, 3.63) is 77.6 Å². The molecular formula is C18H15F2N3O2. The Hall–Kier alpha value is -3.22. The van der Waals surface area contributed by atoms with Gasteiger partial charge in [-0.05, 0) is 29.8 Å². The molecule has 0 aliphatic carbocycles. The summed E-state index contributed by atoms with van der Waals surface area (Å²) in [5.41, 5.74) is 1.49. The molecular weight excluding hydrogens is 328 g/mol. The van der Waals surface area contributed by atoms with Crippen molar-refractivity contribution in [2.75, 3.05) is 0 Å². The maximum atomic E-state index is 13.7. The van der Waals surface area contributed by atoms with Gasteiger partial charge >= 0.3 is 0 Å². The molecule has 128 valence electrons. The number of carbonyl (C=O) groups is 1. The van der Waals surface area contributed by atoms with E-state index in [9.17, 15) is 18.7 Å². The summed E-state index contributed by atoms with van der Waals surface area (Å²) in [7, 11) is 0. The Morgan fingerprint density at radius 2 is 2.00 bits per heavy atom. The van der Waals surface area contributed by atoms with Crippen LogP contribution in [0.3, 0.4) is 0 Å². The lowest BCUT2D eigenvalue weighted by Crippen LogP contribution is -2.24. The number of halogens is 2. The predicted octanol–water partition coefficient (Wildman–Crippen LogP) is 2.72. The molecule has 1 heterocycles. The Morgan fingerprint density at radius 1 is 1.16 bits per heavy atom. The van der Waals surface area contributed by atoms with Crippen LogP contribution in [0, 0.1) is 11.6 Å². The summed E-state index contributed by atoms with van der Waals surface area (Å²) in [5, 5.41) is 16.1. The maximum absolute atomic E-state index is 13.7. The molecule has 0 saturated carbocycles. The van der Waals surface area contributed by atoms with Gasteiger partial charge in [-0.2, -0.15) is 5.10 Å². The average molecular weight is 343 g/mol. The Labute approximate surface area is 142 Å². The minimum atomic E-state index is -0.720. The fourth-order valence-electron chi connectivity index (χ4n) is 2.37. The second kappa shape index (κ2) is 7.12. The molecule has 5 nitrogen and oxygen atoms in total. The Kier molecular flexibility index (Phi) is 4.74. The Morgan fingerprint density at radius 3 is 2.76 bits per heavy atom. The van der Waals surface area contributed by atoms with Crippen LogP contribution in [-0.4, -0.2) is 20.8 Å². The third-order valence-electron chi connectivity index (χ3n) is 3.56. The number of nitrogens with one attached hydrogen (secondary N) is 1. The minimum absolute atomic E-state index is 0.105. The van der Waals surface area contributed by atoms with E-state index in [1.807, 2.05) is 0 Å². The van der Waals surface area contributed by atoms with Crippen LogP contribution in [0.15, 0.2) is 54.9 Å². The van der Waals surface area contributed by atoms with E-state index in [0.717, 1.165) is 12.1 Å². The third-order valence-corrected chi connectivity index (χ3v) is 3.56. The smallest absolute Gasteiger partial charge is 0.224 e. The zero-order valence-electron chi connectivity index (χ0n) is 13.1. The van der Waals surface area contributed by atoms with E-state index >= 15 is 0 Å². The Balaban J connectivity index is 1.61. The quantitative estimate of drug-likeness (QED) is 0.748. The minimum Gasteiger partial charge on any atom is -0.508 e. The van der Waals surface area contributed by atoms with E-state index in [-0.39, 0.29) is 30.3 Å². The molecule has 0 aliphatic rings. The number of nitrogens with zero attached hydrogens (tertiary/aromatic N) is 2. The van der Waals surface area contributed by atoms with E-state index in [1.54, 1.807) is 18.3 Å². The highest BCUT2D eigenvalue weighted by atomic mass is 19.1. The molecule has 3 rings (SSSR count). The van der Waals surface area contributed by atoms with Crippen LogP contribution >= 0.6 is 0 Å². The van der Waals surface area contributed by atoms with Gasteiger partial charge in [0.25, 0.3) is 0 Å². The number of hydrogen-bond donors (Lipinski definition) is 2. The van der Waals surface area contributed by atoms with Crippen LogP contribution in [0.5, 0.6) is 5.75 Å². The first-order valence-corrected chi connectivity index (χ1v) is 7.55. The van der Waals surface area contributed by atoms with Gasteiger partial charge in [-0.15, -0.1) is 0 Å². The van der Waals surface area contributed by atoms with Crippen molar-refractivity contribution in [2.24, 2.45) is 0 Å². The number of benzene rings is 2. The zero-order chi connectivity index (χ0) is 17.8.